The summed E-state index contributed by atoms with van der Waals surface area (Å²) in [6.07, 6.45) is -0.228. The van der Waals surface area contributed by atoms with E-state index in [9.17, 15) is 18.0 Å². The fourth-order valence-electron chi connectivity index (χ4n) is 1.12. The number of nitrogens with zero attached hydrogens (tertiary/aromatic N) is 1. The summed E-state index contributed by atoms with van der Waals surface area (Å²) in [5.74, 6) is -1.20. The molecule has 106 valence electrons. The number of thiazole rings is 1. The highest BCUT2D eigenvalue weighted by molar-refractivity contribution is 7.92. The molecule has 0 radical (unpaired) electrons. The molecule has 0 spiro atoms. The number of ether oxygens (including phenoxy) is 1. The lowest BCUT2D eigenvalue weighted by Gasteiger charge is -2.04. The molecule has 19 heavy (non-hydrogen) atoms. The van der Waals surface area contributed by atoms with Crippen molar-refractivity contribution in [3.63, 3.8) is 0 Å². The van der Waals surface area contributed by atoms with Crippen LogP contribution < -0.4 is 4.72 Å². The van der Waals surface area contributed by atoms with Gasteiger partial charge in [-0.1, -0.05) is 0 Å². The van der Waals surface area contributed by atoms with E-state index in [-0.39, 0.29) is 35.4 Å². The Labute approximate surface area is 115 Å². The van der Waals surface area contributed by atoms with Crippen LogP contribution in [-0.4, -0.2) is 37.5 Å². The van der Waals surface area contributed by atoms with E-state index in [1.807, 2.05) is 0 Å². The van der Waals surface area contributed by atoms with Crippen LogP contribution in [0.15, 0.2) is 5.38 Å². The second kappa shape index (κ2) is 6.62. The van der Waals surface area contributed by atoms with Gasteiger partial charge in [-0.15, -0.1) is 11.3 Å². The van der Waals surface area contributed by atoms with Crippen molar-refractivity contribution >= 4 is 38.2 Å². The summed E-state index contributed by atoms with van der Waals surface area (Å²) in [7, 11) is -3.67. The first-order valence-electron chi connectivity index (χ1n) is 5.46. The van der Waals surface area contributed by atoms with Crippen molar-refractivity contribution < 1.29 is 22.7 Å². The Kier molecular flexibility index (Phi) is 5.43. The van der Waals surface area contributed by atoms with Gasteiger partial charge in [-0.25, -0.2) is 13.4 Å². The molecule has 1 aromatic rings. The molecule has 0 fully saturated rings. The molecule has 7 nitrogen and oxygen atoms in total. The van der Waals surface area contributed by atoms with Crippen LogP contribution in [0.25, 0.3) is 0 Å². The van der Waals surface area contributed by atoms with Gasteiger partial charge in [0.25, 0.3) is 0 Å². The predicted octanol–water partition coefficient (Wildman–Crippen LogP) is 1.04. The van der Waals surface area contributed by atoms with E-state index in [0.717, 1.165) is 11.3 Å². The highest BCUT2D eigenvalue weighted by Gasteiger charge is 2.16. The quantitative estimate of drug-likeness (QED) is 0.596. The number of hydrogen-bond donors (Lipinski definition) is 1. The molecule has 1 rings (SSSR count). The second-order valence-electron chi connectivity index (χ2n) is 3.57. The SMILES string of the molecule is CCOC(=O)CCS(=O)(=O)Nc1nc(C(C)=O)cs1. The lowest BCUT2D eigenvalue weighted by atomic mass is 10.4. The minimum absolute atomic E-state index is 0.106. The molecule has 0 saturated carbocycles. The zero-order chi connectivity index (χ0) is 14.5. The number of aromatic nitrogens is 1. The summed E-state index contributed by atoms with van der Waals surface area (Å²) in [6, 6.07) is 0. The van der Waals surface area contributed by atoms with Gasteiger partial charge in [0.15, 0.2) is 10.9 Å². The predicted molar refractivity (Wildman–Crippen MR) is 70.8 cm³/mol. The smallest absolute Gasteiger partial charge is 0.306 e. The van der Waals surface area contributed by atoms with E-state index in [0.29, 0.717) is 0 Å². The lowest BCUT2D eigenvalue weighted by Crippen LogP contribution is -2.20. The summed E-state index contributed by atoms with van der Waals surface area (Å²) in [6.45, 7) is 3.19. The number of rotatable bonds is 7. The third kappa shape index (κ3) is 5.35. The zero-order valence-corrected chi connectivity index (χ0v) is 12.1. The molecular weight excluding hydrogens is 292 g/mol. The second-order valence-corrected chi connectivity index (χ2v) is 6.27. The molecule has 0 atom stereocenters. The Bertz CT molecular complexity index is 564. The minimum Gasteiger partial charge on any atom is -0.466 e. The van der Waals surface area contributed by atoms with Crippen LogP contribution in [0.5, 0.6) is 0 Å². The normalized spacial score (nSPS) is 11.1. The maximum atomic E-state index is 11.7. The van der Waals surface area contributed by atoms with Gasteiger partial charge in [-0.05, 0) is 6.92 Å². The molecule has 0 bridgehead atoms. The number of hydrogen-bond acceptors (Lipinski definition) is 7. The van der Waals surface area contributed by atoms with Crippen molar-refractivity contribution in [1.82, 2.24) is 4.98 Å². The number of Topliss-reactive ketones (excluding diaryl/α,β-unsaturated/α-hetero) is 1. The molecule has 0 aliphatic carbocycles. The van der Waals surface area contributed by atoms with Gasteiger partial charge in [0.2, 0.25) is 10.0 Å². The number of nitrogens with one attached hydrogen (secondary N) is 1. The molecule has 9 heteroatoms. The van der Waals surface area contributed by atoms with Crippen LogP contribution in [0.3, 0.4) is 0 Å². The third-order valence-corrected chi connectivity index (χ3v) is 4.12. The molecular formula is C10H14N2O5S2. The van der Waals surface area contributed by atoms with Crippen molar-refractivity contribution in [2.24, 2.45) is 0 Å². The topological polar surface area (TPSA) is 102 Å². The molecule has 0 aliphatic heterocycles. The van der Waals surface area contributed by atoms with E-state index in [2.05, 4.69) is 14.4 Å². The monoisotopic (exact) mass is 306 g/mol. The highest BCUT2D eigenvalue weighted by atomic mass is 32.2. The Morgan fingerprint density at radius 2 is 2.16 bits per heavy atom. The number of ketones is 1. The Hall–Kier alpha value is -1.48. The van der Waals surface area contributed by atoms with E-state index >= 15 is 0 Å². The van der Waals surface area contributed by atoms with E-state index in [1.165, 1.54) is 12.3 Å². The zero-order valence-electron chi connectivity index (χ0n) is 10.5. The van der Waals surface area contributed by atoms with Crippen LogP contribution in [0.4, 0.5) is 5.13 Å². The van der Waals surface area contributed by atoms with Gasteiger partial charge in [0, 0.05) is 12.3 Å². The first-order valence-corrected chi connectivity index (χ1v) is 8.00. The number of anilines is 1. The Balaban J connectivity index is 2.58. The molecule has 0 aliphatic rings. The maximum Gasteiger partial charge on any atom is 0.306 e. The maximum absolute atomic E-state index is 11.7. The van der Waals surface area contributed by atoms with Gasteiger partial charge in [0.1, 0.15) is 5.69 Å². The fraction of sp³-hybridized carbons (Fsp3) is 0.500. The molecule has 0 unspecified atom stereocenters. The van der Waals surface area contributed by atoms with E-state index in [4.69, 9.17) is 0 Å². The van der Waals surface area contributed by atoms with Crippen LogP contribution in [-0.2, 0) is 19.6 Å². The molecule has 1 heterocycles. The molecule has 0 saturated heterocycles. The Morgan fingerprint density at radius 1 is 1.47 bits per heavy atom. The van der Waals surface area contributed by atoms with Crippen molar-refractivity contribution in [3.8, 4) is 0 Å². The van der Waals surface area contributed by atoms with Gasteiger partial charge >= 0.3 is 5.97 Å². The van der Waals surface area contributed by atoms with Crippen LogP contribution in [0.1, 0.15) is 30.8 Å². The lowest BCUT2D eigenvalue weighted by molar-refractivity contribution is -0.142. The average molecular weight is 306 g/mol. The van der Waals surface area contributed by atoms with Crippen molar-refractivity contribution in [1.29, 1.82) is 0 Å². The standard InChI is InChI=1S/C10H14N2O5S2/c1-3-17-9(14)4-5-19(15,16)12-10-11-8(6-18-10)7(2)13/h6H,3-5H2,1-2H3,(H,11,12). The summed E-state index contributed by atoms with van der Waals surface area (Å²) >= 11 is 1.01. The highest BCUT2D eigenvalue weighted by Crippen LogP contribution is 2.17. The van der Waals surface area contributed by atoms with E-state index < -0.39 is 16.0 Å². The van der Waals surface area contributed by atoms with Crippen molar-refractivity contribution in [3.05, 3.63) is 11.1 Å². The first kappa shape index (κ1) is 15.6. The summed E-state index contributed by atoms with van der Waals surface area (Å²) in [5, 5.41) is 1.57. The Morgan fingerprint density at radius 3 is 2.68 bits per heavy atom. The third-order valence-electron chi connectivity index (χ3n) is 1.99. The van der Waals surface area contributed by atoms with Crippen LogP contribution in [0, 0.1) is 0 Å². The van der Waals surface area contributed by atoms with Gasteiger partial charge < -0.3 is 4.74 Å². The first-order chi connectivity index (χ1) is 8.84. The summed E-state index contributed by atoms with van der Waals surface area (Å²) in [4.78, 5) is 25.9. The van der Waals surface area contributed by atoms with Crippen LogP contribution in [0.2, 0.25) is 0 Å². The van der Waals surface area contributed by atoms with Crippen LogP contribution >= 0.6 is 11.3 Å². The summed E-state index contributed by atoms with van der Waals surface area (Å²) in [5.41, 5.74) is 0.202. The minimum atomic E-state index is -3.67. The summed E-state index contributed by atoms with van der Waals surface area (Å²) < 4.78 is 30.1. The largest absolute Gasteiger partial charge is 0.466 e. The van der Waals surface area contributed by atoms with Crippen molar-refractivity contribution in [2.45, 2.75) is 20.3 Å². The van der Waals surface area contributed by atoms with Gasteiger partial charge in [-0.3, -0.25) is 14.3 Å². The fourth-order valence-corrected chi connectivity index (χ4v) is 3.13. The molecule has 0 amide bonds. The number of sulfonamides is 1. The number of carbonyl (C=O) groups excluding carboxylic acids is 2. The molecule has 1 N–H and O–H groups in total. The average Bonchev–Trinajstić information content (AvgIpc) is 2.75. The van der Waals surface area contributed by atoms with Crippen molar-refractivity contribution in [2.75, 3.05) is 17.1 Å². The van der Waals surface area contributed by atoms with E-state index in [1.54, 1.807) is 6.92 Å². The van der Waals surface area contributed by atoms with Gasteiger partial charge in [-0.2, -0.15) is 0 Å². The molecule has 0 aromatic carbocycles. The van der Waals surface area contributed by atoms with Gasteiger partial charge in [0.05, 0.1) is 18.8 Å². The number of esters is 1. The number of carbonyl (C=O) groups is 2. The molecule has 1 aromatic heterocycles.